The Bertz CT molecular complexity index is 627. The minimum atomic E-state index is 0.0599. The summed E-state index contributed by atoms with van der Waals surface area (Å²) >= 11 is 0. The van der Waals surface area contributed by atoms with Gasteiger partial charge in [-0.2, -0.15) is 0 Å². The van der Waals surface area contributed by atoms with Crippen LogP contribution in [-0.4, -0.2) is 52.3 Å². The number of rotatable bonds is 3. The molecule has 3 heterocycles. The quantitative estimate of drug-likeness (QED) is 0.816. The van der Waals surface area contributed by atoms with E-state index in [0.29, 0.717) is 43.8 Å². The van der Waals surface area contributed by atoms with Crippen molar-refractivity contribution in [2.75, 3.05) is 31.1 Å². The highest BCUT2D eigenvalue weighted by molar-refractivity contribution is 5.78. The van der Waals surface area contributed by atoms with Gasteiger partial charge in [0.2, 0.25) is 11.8 Å². The van der Waals surface area contributed by atoms with E-state index in [1.54, 1.807) is 13.0 Å². The van der Waals surface area contributed by atoms with Gasteiger partial charge in [-0.05, 0) is 6.92 Å². The minimum absolute atomic E-state index is 0.0599. The average molecular weight is 291 g/mol. The summed E-state index contributed by atoms with van der Waals surface area (Å²) in [5.41, 5.74) is 0.674. The minimum Gasteiger partial charge on any atom is -0.408 e. The molecule has 8 nitrogen and oxygen atoms in total. The molecule has 0 atom stereocenters. The third kappa shape index (κ3) is 3.04. The predicted octanol–water partition coefficient (Wildman–Crippen LogP) is 0.566. The molecule has 1 fully saturated rings. The van der Waals surface area contributed by atoms with Crippen LogP contribution < -0.4 is 4.90 Å². The molecule has 1 saturated heterocycles. The van der Waals surface area contributed by atoms with Crippen molar-refractivity contribution in [1.29, 1.82) is 0 Å². The van der Waals surface area contributed by atoms with E-state index in [2.05, 4.69) is 15.4 Å². The SMILES string of the molecule is Cc1cc(CC(=O)N2CCN(c3nnc(C)o3)CC2)no1. The van der Waals surface area contributed by atoms with Gasteiger partial charge in [0.1, 0.15) is 5.76 Å². The largest absolute Gasteiger partial charge is 0.408 e. The molecule has 0 aliphatic carbocycles. The molecule has 0 saturated carbocycles. The van der Waals surface area contributed by atoms with Gasteiger partial charge in [0.15, 0.2) is 0 Å². The topological polar surface area (TPSA) is 88.5 Å². The van der Waals surface area contributed by atoms with Crippen LogP contribution in [0.15, 0.2) is 15.0 Å². The Hall–Kier alpha value is -2.38. The molecule has 2 aromatic rings. The molecule has 21 heavy (non-hydrogen) atoms. The first-order valence-electron chi connectivity index (χ1n) is 6.87. The van der Waals surface area contributed by atoms with Crippen LogP contribution in [0.3, 0.4) is 0 Å². The molecule has 1 amide bonds. The molecule has 3 rings (SSSR count). The van der Waals surface area contributed by atoms with Gasteiger partial charge in [0, 0.05) is 39.2 Å². The maximum absolute atomic E-state index is 12.2. The van der Waals surface area contributed by atoms with Gasteiger partial charge in [-0.15, -0.1) is 5.10 Å². The lowest BCUT2D eigenvalue weighted by Gasteiger charge is -2.33. The summed E-state index contributed by atoms with van der Waals surface area (Å²) in [6, 6.07) is 2.31. The van der Waals surface area contributed by atoms with Crippen molar-refractivity contribution in [3.05, 3.63) is 23.4 Å². The lowest BCUT2D eigenvalue weighted by Crippen LogP contribution is -2.49. The molecule has 0 spiro atoms. The second-order valence-electron chi connectivity index (χ2n) is 5.08. The standard InChI is InChI=1S/C13H17N5O3/c1-9-7-11(16-21-9)8-12(19)17-3-5-18(6-4-17)13-15-14-10(2)20-13/h7H,3-6,8H2,1-2H3. The monoisotopic (exact) mass is 291 g/mol. The van der Waals surface area contributed by atoms with Crippen molar-refractivity contribution < 1.29 is 13.7 Å². The molecule has 0 N–H and O–H groups in total. The van der Waals surface area contributed by atoms with E-state index < -0.39 is 0 Å². The second kappa shape index (κ2) is 5.55. The molecule has 0 radical (unpaired) electrons. The zero-order chi connectivity index (χ0) is 14.8. The number of hydrogen-bond acceptors (Lipinski definition) is 7. The molecular formula is C13H17N5O3. The normalized spacial score (nSPS) is 15.5. The van der Waals surface area contributed by atoms with Gasteiger partial charge >= 0.3 is 6.01 Å². The second-order valence-corrected chi connectivity index (χ2v) is 5.08. The van der Waals surface area contributed by atoms with Crippen LogP contribution in [0.5, 0.6) is 0 Å². The van der Waals surface area contributed by atoms with Crippen molar-refractivity contribution in [2.24, 2.45) is 0 Å². The van der Waals surface area contributed by atoms with Crippen molar-refractivity contribution in [1.82, 2.24) is 20.3 Å². The number of nitrogens with zero attached hydrogens (tertiary/aromatic N) is 5. The Kier molecular flexibility index (Phi) is 3.59. The van der Waals surface area contributed by atoms with E-state index in [-0.39, 0.29) is 12.3 Å². The van der Waals surface area contributed by atoms with Gasteiger partial charge in [0.05, 0.1) is 12.1 Å². The number of carbonyl (C=O) groups is 1. The number of anilines is 1. The third-order valence-corrected chi connectivity index (χ3v) is 3.43. The molecular weight excluding hydrogens is 274 g/mol. The number of hydrogen-bond donors (Lipinski definition) is 0. The lowest BCUT2D eigenvalue weighted by atomic mass is 10.2. The van der Waals surface area contributed by atoms with Crippen molar-refractivity contribution >= 4 is 11.9 Å². The molecule has 2 aromatic heterocycles. The highest BCUT2D eigenvalue weighted by Crippen LogP contribution is 2.15. The summed E-state index contributed by atoms with van der Waals surface area (Å²) in [5, 5.41) is 11.7. The van der Waals surface area contributed by atoms with Gasteiger partial charge in [-0.1, -0.05) is 10.3 Å². The molecule has 8 heteroatoms. The fraction of sp³-hybridized carbons (Fsp3) is 0.538. The summed E-state index contributed by atoms with van der Waals surface area (Å²) in [7, 11) is 0. The van der Waals surface area contributed by atoms with Gasteiger partial charge in [-0.25, -0.2) is 0 Å². The van der Waals surface area contributed by atoms with E-state index in [0.717, 1.165) is 5.76 Å². The molecule has 0 aromatic carbocycles. The van der Waals surface area contributed by atoms with Crippen LogP contribution >= 0.6 is 0 Å². The lowest BCUT2D eigenvalue weighted by molar-refractivity contribution is -0.130. The van der Waals surface area contributed by atoms with Crippen molar-refractivity contribution in [2.45, 2.75) is 20.3 Å². The first-order valence-corrected chi connectivity index (χ1v) is 6.87. The maximum Gasteiger partial charge on any atom is 0.318 e. The molecule has 1 aliphatic rings. The van der Waals surface area contributed by atoms with Crippen LogP contribution in [0.4, 0.5) is 6.01 Å². The number of carbonyl (C=O) groups excluding carboxylic acids is 1. The van der Waals surface area contributed by atoms with E-state index in [4.69, 9.17) is 8.94 Å². The van der Waals surface area contributed by atoms with Crippen LogP contribution in [0.2, 0.25) is 0 Å². The van der Waals surface area contributed by atoms with Crippen LogP contribution in [0.25, 0.3) is 0 Å². The van der Waals surface area contributed by atoms with Gasteiger partial charge in [-0.3, -0.25) is 4.79 Å². The van der Waals surface area contributed by atoms with E-state index >= 15 is 0 Å². The number of amides is 1. The van der Waals surface area contributed by atoms with Crippen molar-refractivity contribution in [3.8, 4) is 0 Å². The number of aryl methyl sites for hydroxylation is 2. The van der Waals surface area contributed by atoms with Crippen LogP contribution in [0, 0.1) is 13.8 Å². The molecule has 0 bridgehead atoms. The van der Waals surface area contributed by atoms with E-state index in [1.807, 2.05) is 16.7 Å². The Labute approximate surface area is 121 Å². The first kappa shape index (κ1) is 13.6. The van der Waals surface area contributed by atoms with Gasteiger partial charge < -0.3 is 18.7 Å². The number of piperazine rings is 1. The Morgan fingerprint density at radius 2 is 2.00 bits per heavy atom. The molecule has 0 unspecified atom stereocenters. The highest BCUT2D eigenvalue weighted by Gasteiger charge is 2.24. The van der Waals surface area contributed by atoms with Crippen LogP contribution in [-0.2, 0) is 11.2 Å². The fourth-order valence-corrected chi connectivity index (χ4v) is 2.33. The summed E-state index contributed by atoms with van der Waals surface area (Å²) < 4.78 is 10.4. The van der Waals surface area contributed by atoms with Gasteiger partial charge in [0.25, 0.3) is 0 Å². The maximum atomic E-state index is 12.2. The average Bonchev–Trinajstić information content (AvgIpc) is 3.08. The zero-order valence-corrected chi connectivity index (χ0v) is 12.1. The summed E-state index contributed by atoms with van der Waals surface area (Å²) in [6.45, 7) is 6.22. The Morgan fingerprint density at radius 1 is 1.24 bits per heavy atom. The Morgan fingerprint density at radius 3 is 2.57 bits per heavy atom. The first-order chi connectivity index (χ1) is 10.1. The fourth-order valence-electron chi connectivity index (χ4n) is 2.33. The summed E-state index contributed by atoms with van der Waals surface area (Å²) in [5.74, 6) is 1.32. The zero-order valence-electron chi connectivity index (χ0n) is 12.1. The van der Waals surface area contributed by atoms with E-state index in [1.165, 1.54) is 0 Å². The van der Waals surface area contributed by atoms with Crippen molar-refractivity contribution in [3.63, 3.8) is 0 Å². The summed E-state index contributed by atoms with van der Waals surface area (Å²) in [6.07, 6.45) is 0.275. The smallest absolute Gasteiger partial charge is 0.318 e. The Balaban J connectivity index is 1.54. The molecule has 1 aliphatic heterocycles. The van der Waals surface area contributed by atoms with Crippen LogP contribution in [0.1, 0.15) is 17.3 Å². The summed E-state index contributed by atoms with van der Waals surface area (Å²) in [4.78, 5) is 16.0. The predicted molar refractivity (Wildman–Crippen MR) is 72.8 cm³/mol. The highest BCUT2D eigenvalue weighted by atomic mass is 16.5. The van der Waals surface area contributed by atoms with E-state index in [9.17, 15) is 4.79 Å². The third-order valence-electron chi connectivity index (χ3n) is 3.43. The molecule has 112 valence electrons. The number of aromatic nitrogens is 3.